The standard InChI is InChI=1S/C16H29N3OS/c1-5-17-10-15-13(11-20-4)18-16(21-15)19(3)14-9-7-6-8-12(14)2/h12,14,17H,5-11H2,1-4H3. The lowest BCUT2D eigenvalue weighted by atomic mass is 9.85. The molecule has 1 aromatic heterocycles. The predicted molar refractivity (Wildman–Crippen MR) is 90.0 cm³/mol. The molecule has 120 valence electrons. The molecule has 2 unspecified atom stereocenters. The van der Waals surface area contributed by atoms with Crippen molar-refractivity contribution in [3.05, 3.63) is 10.6 Å². The minimum atomic E-state index is 0.602. The van der Waals surface area contributed by atoms with Crippen LogP contribution < -0.4 is 10.2 Å². The molecule has 1 saturated carbocycles. The Morgan fingerprint density at radius 3 is 2.81 bits per heavy atom. The number of hydrogen-bond donors (Lipinski definition) is 1. The van der Waals surface area contributed by atoms with E-state index in [2.05, 4.69) is 31.1 Å². The summed E-state index contributed by atoms with van der Waals surface area (Å²) < 4.78 is 5.31. The van der Waals surface area contributed by atoms with Gasteiger partial charge in [-0.3, -0.25) is 0 Å². The van der Waals surface area contributed by atoms with Gasteiger partial charge in [0.1, 0.15) is 0 Å². The molecule has 1 aromatic rings. The molecule has 0 bridgehead atoms. The van der Waals surface area contributed by atoms with E-state index in [4.69, 9.17) is 9.72 Å². The average molecular weight is 311 g/mol. The van der Waals surface area contributed by atoms with Crippen molar-refractivity contribution in [2.45, 2.75) is 58.7 Å². The topological polar surface area (TPSA) is 37.4 Å². The van der Waals surface area contributed by atoms with Gasteiger partial charge in [0, 0.05) is 31.6 Å². The summed E-state index contributed by atoms with van der Waals surface area (Å²) in [6.07, 6.45) is 5.36. The van der Waals surface area contributed by atoms with Crippen LogP contribution in [-0.2, 0) is 17.9 Å². The fourth-order valence-corrected chi connectivity index (χ4v) is 4.21. The SMILES string of the molecule is CCNCc1sc(N(C)C2CCCCC2C)nc1COC. The lowest BCUT2D eigenvalue weighted by Crippen LogP contribution is -2.38. The Morgan fingerprint density at radius 1 is 1.38 bits per heavy atom. The Morgan fingerprint density at radius 2 is 2.14 bits per heavy atom. The second-order valence-electron chi connectivity index (χ2n) is 6.02. The summed E-state index contributed by atoms with van der Waals surface area (Å²) in [5.74, 6) is 0.760. The minimum absolute atomic E-state index is 0.602. The molecule has 0 amide bonds. The van der Waals surface area contributed by atoms with Crippen LogP contribution in [0.15, 0.2) is 0 Å². The zero-order chi connectivity index (χ0) is 15.2. The molecule has 21 heavy (non-hydrogen) atoms. The number of aromatic nitrogens is 1. The Hall–Kier alpha value is -0.650. The summed E-state index contributed by atoms with van der Waals surface area (Å²) in [5, 5.41) is 4.55. The van der Waals surface area contributed by atoms with Crippen molar-refractivity contribution in [1.29, 1.82) is 0 Å². The average Bonchev–Trinajstić information content (AvgIpc) is 2.88. The van der Waals surface area contributed by atoms with E-state index >= 15 is 0 Å². The summed E-state index contributed by atoms with van der Waals surface area (Å²) in [4.78, 5) is 8.56. The summed E-state index contributed by atoms with van der Waals surface area (Å²) in [6.45, 7) is 6.98. The van der Waals surface area contributed by atoms with Gasteiger partial charge < -0.3 is 15.0 Å². The summed E-state index contributed by atoms with van der Waals surface area (Å²) in [5.41, 5.74) is 1.09. The molecule has 1 heterocycles. The predicted octanol–water partition coefficient (Wildman–Crippen LogP) is 3.41. The van der Waals surface area contributed by atoms with Crippen molar-refractivity contribution >= 4 is 16.5 Å². The molecule has 4 nitrogen and oxygen atoms in total. The van der Waals surface area contributed by atoms with Crippen LogP contribution in [0.2, 0.25) is 0 Å². The second kappa shape index (κ2) is 8.11. The van der Waals surface area contributed by atoms with Crippen LogP contribution in [0.25, 0.3) is 0 Å². The number of hydrogen-bond acceptors (Lipinski definition) is 5. The Labute approximate surface area is 132 Å². The fraction of sp³-hybridized carbons (Fsp3) is 0.812. The first kappa shape index (κ1) is 16.7. The molecule has 0 aromatic carbocycles. The van der Waals surface area contributed by atoms with Gasteiger partial charge in [0.25, 0.3) is 0 Å². The van der Waals surface area contributed by atoms with Crippen LogP contribution in [0.1, 0.15) is 50.1 Å². The summed E-state index contributed by atoms with van der Waals surface area (Å²) in [6, 6.07) is 0.632. The van der Waals surface area contributed by atoms with Crippen LogP contribution in [0.3, 0.4) is 0 Å². The highest BCUT2D eigenvalue weighted by atomic mass is 32.1. The van der Waals surface area contributed by atoms with Gasteiger partial charge in [-0.15, -0.1) is 11.3 Å². The molecule has 0 spiro atoms. The molecule has 0 aliphatic heterocycles. The van der Waals surface area contributed by atoms with Crippen LogP contribution in [0.4, 0.5) is 5.13 Å². The van der Waals surface area contributed by atoms with E-state index < -0.39 is 0 Å². The zero-order valence-electron chi connectivity index (χ0n) is 13.8. The largest absolute Gasteiger partial charge is 0.378 e. The van der Waals surface area contributed by atoms with Gasteiger partial charge in [0.2, 0.25) is 0 Å². The van der Waals surface area contributed by atoms with Gasteiger partial charge in [-0.2, -0.15) is 0 Å². The maximum Gasteiger partial charge on any atom is 0.185 e. The van der Waals surface area contributed by atoms with Crippen molar-refractivity contribution in [3.63, 3.8) is 0 Å². The summed E-state index contributed by atoms with van der Waals surface area (Å²) >= 11 is 1.82. The molecule has 1 fully saturated rings. The van der Waals surface area contributed by atoms with Gasteiger partial charge in [0.05, 0.1) is 12.3 Å². The molecule has 0 radical (unpaired) electrons. The van der Waals surface area contributed by atoms with Crippen LogP contribution >= 0.6 is 11.3 Å². The first-order chi connectivity index (χ1) is 10.2. The number of nitrogens with zero attached hydrogens (tertiary/aromatic N) is 2. The number of anilines is 1. The quantitative estimate of drug-likeness (QED) is 0.837. The molecule has 1 N–H and O–H groups in total. The number of ether oxygens (including phenoxy) is 1. The zero-order valence-corrected chi connectivity index (χ0v) is 14.6. The second-order valence-corrected chi connectivity index (χ2v) is 7.08. The van der Waals surface area contributed by atoms with Crippen molar-refractivity contribution in [2.75, 3.05) is 25.6 Å². The smallest absolute Gasteiger partial charge is 0.185 e. The lowest BCUT2D eigenvalue weighted by Gasteiger charge is -2.36. The Bertz CT molecular complexity index is 435. The maximum atomic E-state index is 5.31. The highest BCUT2D eigenvalue weighted by Gasteiger charge is 2.27. The van der Waals surface area contributed by atoms with E-state index in [9.17, 15) is 0 Å². The highest BCUT2D eigenvalue weighted by Crippen LogP contribution is 2.33. The third kappa shape index (κ3) is 4.18. The Balaban J connectivity index is 2.13. The number of rotatable bonds is 7. The molecule has 1 aliphatic rings. The van der Waals surface area contributed by atoms with Gasteiger partial charge in [-0.1, -0.05) is 26.7 Å². The van der Waals surface area contributed by atoms with Crippen LogP contribution in [-0.4, -0.2) is 31.7 Å². The van der Waals surface area contributed by atoms with Gasteiger partial charge in [-0.05, 0) is 25.3 Å². The van der Waals surface area contributed by atoms with E-state index in [1.54, 1.807) is 7.11 Å². The first-order valence-electron chi connectivity index (χ1n) is 8.08. The molecule has 5 heteroatoms. The monoisotopic (exact) mass is 311 g/mol. The van der Waals surface area contributed by atoms with E-state index in [1.807, 2.05) is 11.3 Å². The number of methoxy groups -OCH3 is 1. The number of nitrogens with one attached hydrogen (secondary N) is 1. The van der Waals surface area contributed by atoms with Crippen molar-refractivity contribution in [2.24, 2.45) is 5.92 Å². The van der Waals surface area contributed by atoms with Crippen LogP contribution in [0, 0.1) is 5.92 Å². The summed E-state index contributed by atoms with van der Waals surface area (Å²) in [7, 11) is 3.95. The molecule has 2 rings (SSSR count). The van der Waals surface area contributed by atoms with E-state index in [-0.39, 0.29) is 0 Å². The van der Waals surface area contributed by atoms with E-state index in [0.717, 1.165) is 29.8 Å². The first-order valence-corrected chi connectivity index (χ1v) is 8.90. The normalized spacial score (nSPS) is 22.5. The van der Waals surface area contributed by atoms with Gasteiger partial charge in [0.15, 0.2) is 5.13 Å². The maximum absolute atomic E-state index is 5.31. The molecule has 2 atom stereocenters. The van der Waals surface area contributed by atoms with Crippen molar-refractivity contribution < 1.29 is 4.74 Å². The molecule has 1 aliphatic carbocycles. The van der Waals surface area contributed by atoms with Gasteiger partial charge in [-0.25, -0.2) is 4.98 Å². The molecular weight excluding hydrogens is 282 g/mol. The molecular formula is C16H29N3OS. The van der Waals surface area contributed by atoms with E-state index in [1.165, 1.54) is 30.6 Å². The third-order valence-electron chi connectivity index (χ3n) is 4.45. The number of thiazole rings is 1. The van der Waals surface area contributed by atoms with Crippen molar-refractivity contribution in [1.82, 2.24) is 10.3 Å². The van der Waals surface area contributed by atoms with Crippen LogP contribution in [0.5, 0.6) is 0 Å². The fourth-order valence-electron chi connectivity index (χ4n) is 3.16. The lowest BCUT2D eigenvalue weighted by molar-refractivity contribution is 0.181. The minimum Gasteiger partial charge on any atom is -0.378 e. The van der Waals surface area contributed by atoms with Gasteiger partial charge >= 0.3 is 0 Å². The third-order valence-corrected chi connectivity index (χ3v) is 5.64. The Kier molecular flexibility index (Phi) is 6.45. The highest BCUT2D eigenvalue weighted by molar-refractivity contribution is 7.15. The molecule has 0 saturated heterocycles. The van der Waals surface area contributed by atoms with E-state index in [0.29, 0.717) is 12.6 Å². The van der Waals surface area contributed by atoms with Crippen molar-refractivity contribution in [3.8, 4) is 0 Å².